The second kappa shape index (κ2) is 50.1. The van der Waals surface area contributed by atoms with Crippen molar-refractivity contribution in [1.29, 1.82) is 0 Å². The minimum Gasteiger partial charge on any atom is -0.545 e. The fraction of sp³-hybridized carbons (Fsp3) is 0.273. The molecule has 0 aliphatic rings. The van der Waals surface area contributed by atoms with E-state index < -0.39 is 5.97 Å². The van der Waals surface area contributed by atoms with Gasteiger partial charge in [0, 0.05) is 12.7 Å². The molecule has 0 unspecified atom stereocenters. The van der Waals surface area contributed by atoms with Crippen LogP contribution in [0.2, 0.25) is 0 Å². The second-order valence-electron chi connectivity index (χ2n) is 10.3. The summed E-state index contributed by atoms with van der Waals surface area (Å²) in [5, 5.41) is 17.5. The molecular weight excluding hydrogens is 718 g/mol. The molecule has 0 bridgehead atoms. The number of aliphatic hydroxyl groups excluding tert-OH is 1. The maximum absolute atomic E-state index is 11.2. The predicted octanol–water partition coefficient (Wildman–Crippen LogP) is 2.08. The van der Waals surface area contributed by atoms with Gasteiger partial charge in [0.05, 0.1) is 13.1 Å². The van der Waals surface area contributed by atoms with E-state index in [0.29, 0.717) is 18.7 Å². The van der Waals surface area contributed by atoms with Gasteiger partial charge in [-0.05, 0) is 59.6 Å². The third-order valence-electron chi connectivity index (χ3n) is 5.64. The van der Waals surface area contributed by atoms with Crippen molar-refractivity contribution in [3.05, 3.63) is 167 Å². The summed E-state index contributed by atoms with van der Waals surface area (Å²) < 4.78 is 9.29. The standard InChI is InChI=1S/C22H28O4.C19H23O2.CO2.CH4O.CH4.2Na/c1-18(12-8-14-20(3)16-26-17-23)10-6-7-11-19(2)13-9-15-21(4)22(24)25-5;1-5-6-7-11-16(2)12-8-9-13-17(3)14-10-15-18(4)19(20)21;2-1-3;1-2;;;/h6-15,17H,16H2,1-5H3;6-15H,1-4H3,(H,20,21);;2H,1H3;1H4;;/q;-1;;;;2*+1/p-1/b7-6+,12-8+,13-9+,18-10+,19-11+,20-14+,21-15+;9-8+,11-7+,14-10+,16-12+,17-13+,18-15+;;;;;. The molecule has 0 aliphatic carbocycles. The van der Waals surface area contributed by atoms with E-state index in [1.165, 1.54) is 20.1 Å². The maximum atomic E-state index is 11.2. The molecule has 0 aromatic heterocycles. The van der Waals surface area contributed by atoms with Gasteiger partial charge >= 0.3 is 71.2 Å². The number of aliphatic hydroxyl groups is 1. The van der Waals surface area contributed by atoms with Crippen molar-refractivity contribution in [3.8, 4) is 0 Å². The summed E-state index contributed by atoms with van der Waals surface area (Å²) in [5.41, 5.74) is 6.06. The van der Waals surface area contributed by atoms with Crippen molar-refractivity contribution in [3.63, 3.8) is 0 Å². The number of carbonyl (C=O) groups is 3. The van der Waals surface area contributed by atoms with Crippen LogP contribution < -0.4 is 64.2 Å². The van der Waals surface area contributed by atoms with Gasteiger partial charge in [-0.25, -0.2) is 16.9 Å². The first-order valence-electron chi connectivity index (χ1n) is 15.8. The Hall–Kier alpha value is -3.89. The number of esters is 1. The second-order valence-corrected chi connectivity index (χ2v) is 10.3. The van der Waals surface area contributed by atoms with Gasteiger partial charge in [-0.2, -0.15) is 9.59 Å². The Morgan fingerprint density at radius 3 is 1.31 bits per heavy atom. The van der Waals surface area contributed by atoms with Gasteiger partial charge in [-0.15, -0.1) is 13.0 Å². The van der Waals surface area contributed by atoms with E-state index in [0.717, 1.165) is 35.0 Å². The zero-order chi connectivity index (χ0) is 40.6. The quantitative estimate of drug-likeness (QED) is 0.0586. The Bertz CT molecular complexity index is 1530. The summed E-state index contributed by atoms with van der Waals surface area (Å²) in [6.45, 7) is 15.7. The monoisotopic (exact) mass is 776 g/mol. The Morgan fingerprint density at radius 1 is 0.636 bits per heavy atom. The number of carbonyl (C=O) groups excluding carboxylic acids is 5. The van der Waals surface area contributed by atoms with E-state index in [1.807, 2.05) is 145 Å². The molecule has 0 amide bonds. The van der Waals surface area contributed by atoms with E-state index in [2.05, 4.69) is 15.5 Å². The number of ether oxygens (including phenoxy) is 2. The van der Waals surface area contributed by atoms with Crippen LogP contribution in [0, 0.1) is 6.08 Å². The van der Waals surface area contributed by atoms with Gasteiger partial charge in [0.1, 0.15) is 6.61 Å². The van der Waals surface area contributed by atoms with Crippen molar-refractivity contribution < 1.29 is 103 Å². The molecule has 290 valence electrons. The molecule has 0 saturated heterocycles. The zero-order valence-corrected chi connectivity index (χ0v) is 38.0. The third-order valence-corrected chi connectivity index (χ3v) is 5.64. The molecule has 0 rings (SSSR count). The number of aliphatic carboxylic acids is 1. The number of hydrogen-bond acceptors (Lipinski definition) is 9. The predicted molar refractivity (Wildman–Crippen MR) is 214 cm³/mol. The number of hydrogen-bond donors (Lipinski definition) is 1. The number of allylic oxidation sites excluding steroid dienone is 25. The Labute approximate surface area is 374 Å². The van der Waals surface area contributed by atoms with E-state index in [1.54, 1.807) is 19.1 Å². The first-order chi connectivity index (χ1) is 24.8. The van der Waals surface area contributed by atoms with Crippen molar-refractivity contribution in [2.45, 2.75) is 62.8 Å². The molecule has 0 fully saturated rings. The Kier molecular flexibility index (Phi) is 60.1. The van der Waals surface area contributed by atoms with Gasteiger partial charge < -0.3 is 24.5 Å². The van der Waals surface area contributed by atoms with Gasteiger partial charge in [0.25, 0.3) is 6.47 Å². The summed E-state index contributed by atoms with van der Waals surface area (Å²) in [6, 6.07) is 0. The molecular formula is C44H58Na2O9. The van der Waals surface area contributed by atoms with Crippen LogP contribution in [0.25, 0.3) is 0 Å². The van der Waals surface area contributed by atoms with Gasteiger partial charge in [-0.3, -0.25) is 10.9 Å². The molecule has 1 N–H and O–H groups in total. The van der Waals surface area contributed by atoms with Gasteiger partial charge in [0.15, 0.2) is 0 Å². The molecule has 0 aromatic carbocycles. The SMILES string of the molecule is C.CO.COC(=O)/C(C)=C/C=C/C(C)=C/C=C/C=C(C)/C=C/C=C(\C)COC=O.C[C-]=C/C=C/C(C)=C/C=C/C=C(C)/C=C/C=C(\C)C(=O)[O-].O=C=O.[Na+].[Na+]. The normalized spacial score (nSPS) is 12.9. The van der Waals surface area contributed by atoms with Crippen molar-refractivity contribution in [1.82, 2.24) is 0 Å². The van der Waals surface area contributed by atoms with Crippen molar-refractivity contribution >= 4 is 24.6 Å². The van der Waals surface area contributed by atoms with Crippen LogP contribution in [0.3, 0.4) is 0 Å². The molecule has 0 heterocycles. The molecule has 0 aromatic rings. The number of methoxy groups -OCH3 is 1. The van der Waals surface area contributed by atoms with Crippen LogP contribution in [-0.2, 0) is 33.4 Å². The summed E-state index contributed by atoms with van der Waals surface area (Å²) in [7, 11) is 2.36. The van der Waals surface area contributed by atoms with Crippen LogP contribution in [0.1, 0.15) is 62.8 Å². The largest absolute Gasteiger partial charge is 1.00 e. The summed E-state index contributed by atoms with van der Waals surface area (Å²) in [4.78, 5) is 48.1. The average Bonchev–Trinajstić information content (AvgIpc) is 3.12. The van der Waals surface area contributed by atoms with Crippen molar-refractivity contribution in [2.75, 3.05) is 20.8 Å². The molecule has 9 nitrogen and oxygen atoms in total. The minimum absolute atomic E-state index is 0. The average molecular weight is 777 g/mol. The fourth-order valence-corrected chi connectivity index (χ4v) is 2.91. The molecule has 0 spiro atoms. The summed E-state index contributed by atoms with van der Waals surface area (Å²) >= 11 is 0. The smallest absolute Gasteiger partial charge is 0.545 e. The topological polar surface area (TPSA) is 147 Å². The zero-order valence-electron chi connectivity index (χ0n) is 34.0. The summed E-state index contributed by atoms with van der Waals surface area (Å²) in [5.74, 6) is -1.48. The molecule has 0 radical (unpaired) electrons. The van der Waals surface area contributed by atoms with Crippen molar-refractivity contribution in [2.24, 2.45) is 0 Å². The van der Waals surface area contributed by atoms with E-state index in [4.69, 9.17) is 14.7 Å². The molecule has 0 atom stereocenters. The van der Waals surface area contributed by atoms with Crippen LogP contribution in [0.5, 0.6) is 0 Å². The van der Waals surface area contributed by atoms with Crippen LogP contribution >= 0.6 is 0 Å². The fourth-order valence-electron chi connectivity index (χ4n) is 2.91. The van der Waals surface area contributed by atoms with Crippen LogP contribution in [-0.4, -0.2) is 50.5 Å². The Balaban J connectivity index is -0.000000145. The number of carboxylic acid groups (broad SMARTS) is 1. The third kappa shape index (κ3) is 52.3. The molecule has 0 aliphatic heterocycles. The van der Waals surface area contributed by atoms with Crippen LogP contribution in [0.15, 0.2) is 161 Å². The maximum Gasteiger partial charge on any atom is 1.00 e. The summed E-state index contributed by atoms with van der Waals surface area (Å²) in [6.07, 6.45) is 41.0. The first-order valence-corrected chi connectivity index (χ1v) is 15.8. The number of rotatable bonds is 17. The molecule has 11 heteroatoms. The van der Waals surface area contributed by atoms with E-state index in [9.17, 15) is 19.5 Å². The minimum atomic E-state index is -1.15. The molecule has 55 heavy (non-hydrogen) atoms. The van der Waals surface area contributed by atoms with E-state index in [-0.39, 0.29) is 84.2 Å². The first kappa shape index (κ1) is 66.0. The van der Waals surface area contributed by atoms with Gasteiger partial charge in [0.2, 0.25) is 0 Å². The number of carboxylic acids is 1. The van der Waals surface area contributed by atoms with Crippen LogP contribution in [0.4, 0.5) is 0 Å². The van der Waals surface area contributed by atoms with E-state index >= 15 is 0 Å². The molecule has 0 saturated carbocycles. The Morgan fingerprint density at radius 2 is 0.982 bits per heavy atom. The van der Waals surface area contributed by atoms with Gasteiger partial charge in [-0.1, -0.05) is 133 Å².